The second kappa shape index (κ2) is 9.08. The number of anilines is 1. The molecular formula is C21H23N3O5S. The number of amides is 1. The first kappa shape index (κ1) is 21.5. The molecule has 0 unspecified atom stereocenters. The van der Waals surface area contributed by atoms with Gasteiger partial charge in [0, 0.05) is 0 Å². The average Bonchev–Trinajstić information content (AvgIpc) is 3.14. The molecule has 0 atom stereocenters. The highest BCUT2D eigenvalue weighted by Gasteiger charge is 2.19. The van der Waals surface area contributed by atoms with Gasteiger partial charge < -0.3 is 9.15 Å². The van der Waals surface area contributed by atoms with Crippen LogP contribution >= 0.6 is 0 Å². The number of para-hydroxylation sites is 1. The number of benzene rings is 2. The maximum Gasteiger partial charge on any atom is 0.322 e. The van der Waals surface area contributed by atoms with Crippen molar-refractivity contribution in [2.75, 3.05) is 11.9 Å². The first-order valence-electron chi connectivity index (χ1n) is 9.39. The molecule has 0 bridgehead atoms. The summed E-state index contributed by atoms with van der Waals surface area (Å²) in [6.07, 6.45) is 0.310. The number of hydrogen-bond acceptors (Lipinski definition) is 7. The van der Waals surface area contributed by atoms with E-state index in [1.807, 2.05) is 25.1 Å². The molecule has 1 heterocycles. The molecule has 158 valence electrons. The fourth-order valence-electron chi connectivity index (χ4n) is 2.64. The Hall–Kier alpha value is -3.20. The van der Waals surface area contributed by atoms with Crippen LogP contribution in [0.2, 0.25) is 0 Å². The Balaban J connectivity index is 1.56. The molecule has 30 heavy (non-hydrogen) atoms. The van der Waals surface area contributed by atoms with Crippen molar-refractivity contribution in [2.24, 2.45) is 0 Å². The zero-order valence-corrected chi connectivity index (χ0v) is 17.8. The molecule has 8 nitrogen and oxygen atoms in total. The monoisotopic (exact) mass is 429 g/mol. The van der Waals surface area contributed by atoms with E-state index in [4.69, 9.17) is 9.15 Å². The normalized spacial score (nSPS) is 11.5. The molecule has 1 aromatic heterocycles. The Morgan fingerprint density at radius 3 is 2.47 bits per heavy atom. The fourth-order valence-corrected chi connectivity index (χ4v) is 3.70. The number of aryl methyl sites for hydroxylation is 1. The van der Waals surface area contributed by atoms with Gasteiger partial charge in [0.2, 0.25) is 5.89 Å². The number of rotatable bonds is 8. The Labute approximate surface area is 175 Å². The maximum atomic E-state index is 12.2. The quantitative estimate of drug-likeness (QED) is 0.585. The topological polar surface area (TPSA) is 111 Å². The summed E-state index contributed by atoms with van der Waals surface area (Å²) in [7, 11) is -3.32. The number of nitrogens with zero attached hydrogens (tertiary/aromatic N) is 2. The predicted molar refractivity (Wildman–Crippen MR) is 111 cm³/mol. The van der Waals surface area contributed by atoms with E-state index in [1.54, 1.807) is 44.2 Å². The smallest absolute Gasteiger partial charge is 0.322 e. The number of ether oxygens (including phenoxy) is 1. The molecule has 0 spiro atoms. The van der Waals surface area contributed by atoms with Gasteiger partial charge >= 0.3 is 6.01 Å². The van der Waals surface area contributed by atoms with E-state index >= 15 is 0 Å². The molecule has 3 aromatic rings. The number of sulfone groups is 1. The molecule has 0 radical (unpaired) electrons. The second-order valence-electron chi connectivity index (χ2n) is 7.02. The van der Waals surface area contributed by atoms with Crippen LogP contribution in [0.25, 0.3) is 0 Å². The van der Waals surface area contributed by atoms with Crippen LogP contribution in [0.1, 0.15) is 30.9 Å². The number of nitrogens with one attached hydrogen (secondary N) is 1. The molecule has 3 rings (SSSR count). The van der Waals surface area contributed by atoms with E-state index in [1.165, 1.54) is 0 Å². The Morgan fingerprint density at radius 1 is 1.10 bits per heavy atom. The summed E-state index contributed by atoms with van der Waals surface area (Å²) in [5.74, 6) is 0.503. The number of hydrogen-bond donors (Lipinski definition) is 1. The lowest BCUT2D eigenvalue weighted by molar-refractivity contribution is -0.118. The highest BCUT2D eigenvalue weighted by molar-refractivity contribution is 7.92. The van der Waals surface area contributed by atoms with Crippen LogP contribution < -0.4 is 10.1 Å². The molecule has 9 heteroatoms. The summed E-state index contributed by atoms with van der Waals surface area (Å²) in [6.45, 7) is 4.99. The van der Waals surface area contributed by atoms with Crippen LogP contribution in [0.15, 0.2) is 57.8 Å². The van der Waals surface area contributed by atoms with Crippen molar-refractivity contribution < 1.29 is 22.4 Å². The minimum Gasteiger partial charge on any atom is -0.483 e. The van der Waals surface area contributed by atoms with E-state index < -0.39 is 21.0 Å². The Bertz CT molecular complexity index is 1120. The van der Waals surface area contributed by atoms with E-state index in [9.17, 15) is 13.2 Å². The van der Waals surface area contributed by atoms with E-state index in [0.29, 0.717) is 18.1 Å². The van der Waals surface area contributed by atoms with Crippen LogP contribution in [0, 0.1) is 6.92 Å². The van der Waals surface area contributed by atoms with Crippen molar-refractivity contribution in [3.05, 3.63) is 65.5 Å². The van der Waals surface area contributed by atoms with Gasteiger partial charge in [-0.25, -0.2) is 8.42 Å². The van der Waals surface area contributed by atoms with Crippen molar-refractivity contribution in [2.45, 2.75) is 37.3 Å². The molecule has 2 aromatic carbocycles. The van der Waals surface area contributed by atoms with Crippen LogP contribution in [0.4, 0.5) is 6.01 Å². The standard InChI is InChI=1S/C21H23N3O5S/c1-14(2)30(26,27)17-10-8-16(9-11-17)12-20-23-24-21(29-20)22-19(25)13-28-18-7-5-4-6-15(18)3/h4-11,14H,12-13H2,1-3H3,(H,22,24,25). The summed E-state index contributed by atoms with van der Waals surface area (Å²) in [6, 6.07) is 13.9. The van der Waals surface area contributed by atoms with Crippen molar-refractivity contribution in [1.29, 1.82) is 0 Å². The van der Waals surface area contributed by atoms with Gasteiger partial charge in [0.1, 0.15) is 5.75 Å². The van der Waals surface area contributed by atoms with Gasteiger partial charge in [0.15, 0.2) is 16.4 Å². The summed E-state index contributed by atoms with van der Waals surface area (Å²) >= 11 is 0. The summed E-state index contributed by atoms with van der Waals surface area (Å²) in [4.78, 5) is 12.3. The summed E-state index contributed by atoms with van der Waals surface area (Å²) in [5.41, 5.74) is 1.74. The second-order valence-corrected chi connectivity index (χ2v) is 9.52. The van der Waals surface area contributed by atoms with Gasteiger partial charge in [-0.2, -0.15) is 0 Å². The predicted octanol–water partition coefficient (Wildman–Crippen LogP) is 3.17. The third-order valence-electron chi connectivity index (χ3n) is 4.39. The van der Waals surface area contributed by atoms with Gasteiger partial charge in [-0.3, -0.25) is 10.1 Å². The molecule has 1 N–H and O–H groups in total. The maximum absolute atomic E-state index is 12.2. The first-order chi connectivity index (χ1) is 14.3. The van der Waals surface area contributed by atoms with Crippen LogP contribution in [0.5, 0.6) is 5.75 Å². The van der Waals surface area contributed by atoms with Crippen molar-refractivity contribution >= 4 is 21.8 Å². The highest BCUT2D eigenvalue weighted by atomic mass is 32.2. The van der Waals surface area contributed by atoms with E-state index in [-0.39, 0.29) is 17.5 Å². The number of aromatic nitrogens is 2. The molecule has 0 saturated heterocycles. The zero-order valence-electron chi connectivity index (χ0n) is 17.0. The van der Waals surface area contributed by atoms with Gasteiger partial charge in [-0.15, -0.1) is 5.10 Å². The zero-order chi connectivity index (χ0) is 21.7. The van der Waals surface area contributed by atoms with Gasteiger partial charge in [-0.1, -0.05) is 35.4 Å². The lowest BCUT2D eigenvalue weighted by Crippen LogP contribution is -2.20. The first-order valence-corrected chi connectivity index (χ1v) is 10.9. The SMILES string of the molecule is Cc1ccccc1OCC(=O)Nc1nnc(Cc2ccc(S(=O)(=O)C(C)C)cc2)o1. The lowest BCUT2D eigenvalue weighted by atomic mass is 10.1. The average molecular weight is 429 g/mol. The Kier molecular flexibility index (Phi) is 6.51. The van der Waals surface area contributed by atoms with E-state index in [2.05, 4.69) is 15.5 Å². The molecule has 0 aliphatic heterocycles. The van der Waals surface area contributed by atoms with Crippen LogP contribution in [0.3, 0.4) is 0 Å². The molecule has 0 saturated carbocycles. The highest BCUT2D eigenvalue weighted by Crippen LogP contribution is 2.19. The minimum absolute atomic E-state index is 0.0256. The van der Waals surface area contributed by atoms with Crippen LogP contribution in [-0.4, -0.2) is 36.4 Å². The number of carbonyl (C=O) groups excluding carboxylic acids is 1. The molecule has 0 aliphatic carbocycles. The summed E-state index contributed by atoms with van der Waals surface area (Å²) in [5, 5.41) is 9.72. The largest absolute Gasteiger partial charge is 0.483 e. The molecule has 1 amide bonds. The van der Waals surface area contributed by atoms with Gasteiger partial charge in [-0.05, 0) is 50.1 Å². The molecular weight excluding hydrogens is 406 g/mol. The van der Waals surface area contributed by atoms with Crippen molar-refractivity contribution in [1.82, 2.24) is 10.2 Å². The van der Waals surface area contributed by atoms with Crippen LogP contribution in [-0.2, 0) is 21.1 Å². The third-order valence-corrected chi connectivity index (χ3v) is 6.56. The minimum atomic E-state index is -3.32. The number of carbonyl (C=O) groups is 1. The van der Waals surface area contributed by atoms with E-state index in [0.717, 1.165) is 11.1 Å². The fraction of sp³-hybridized carbons (Fsp3) is 0.286. The van der Waals surface area contributed by atoms with Crippen molar-refractivity contribution in [3.8, 4) is 5.75 Å². The lowest BCUT2D eigenvalue weighted by Gasteiger charge is -2.08. The van der Waals surface area contributed by atoms with Gasteiger partial charge in [0.05, 0.1) is 16.6 Å². The van der Waals surface area contributed by atoms with Gasteiger partial charge in [0.25, 0.3) is 5.91 Å². The molecule has 0 fully saturated rings. The Morgan fingerprint density at radius 2 is 1.80 bits per heavy atom. The third kappa shape index (κ3) is 5.24. The van der Waals surface area contributed by atoms with Crippen molar-refractivity contribution in [3.63, 3.8) is 0 Å². The molecule has 0 aliphatic rings. The summed E-state index contributed by atoms with van der Waals surface area (Å²) < 4.78 is 35.3.